The molecule has 1 saturated heterocycles. The number of hydrogen-bond donors (Lipinski definition) is 1. The van der Waals surface area contributed by atoms with Gasteiger partial charge in [0, 0.05) is 24.3 Å². The number of carbonyl (C=O) groups excluding carboxylic acids is 1. The zero-order valence-corrected chi connectivity index (χ0v) is 17.1. The van der Waals surface area contributed by atoms with E-state index >= 15 is 0 Å². The van der Waals surface area contributed by atoms with Crippen molar-refractivity contribution in [3.63, 3.8) is 0 Å². The van der Waals surface area contributed by atoms with Gasteiger partial charge in [-0.15, -0.1) is 0 Å². The number of carbonyl (C=O) groups is 1. The first-order valence-corrected chi connectivity index (χ1v) is 10.4. The molecule has 1 aliphatic heterocycles. The van der Waals surface area contributed by atoms with Gasteiger partial charge >= 0.3 is 6.18 Å². The molecule has 0 spiro atoms. The molecular weight excluding hydrogens is 433 g/mol. The van der Waals surface area contributed by atoms with Crippen molar-refractivity contribution in [2.75, 3.05) is 13.2 Å². The lowest BCUT2D eigenvalue weighted by molar-refractivity contribution is -0.143. The van der Waals surface area contributed by atoms with Gasteiger partial charge in [-0.2, -0.15) is 18.3 Å². The van der Waals surface area contributed by atoms with Crippen LogP contribution in [0.25, 0.3) is 16.9 Å². The van der Waals surface area contributed by atoms with Crippen LogP contribution in [0.5, 0.6) is 0 Å². The van der Waals surface area contributed by atoms with Crippen LogP contribution in [0.4, 0.5) is 13.2 Å². The summed E-state index contributed by atoms with van der Waals surface area (Å²) in [5.41, 5.74) is 0.435. The fourth-order valence-corrected chi connectivity index (χ4v) is 4.52. The van der Waals surface area contributed by atoms with Gasteiger partial charge in [0.15, 0.2) is 17.0 Å². The Bertz CT molecular complexity index is 1190. The summed E-state index contributed by atoms with van der Waals surface area (Å²) in [6.45, 7) is 0.869. The minimum absolute atomic E-state index is 0.0594. The highest BCUT2D eigenvalue weighted by Gasteiger charge is 2.41. The lowest BCUT2D eigenvalue weighted by Gasteiger charge is -2.23. The molecule has 162 valence electrons. The Balaban J connectivity index is 1.64. The number of nitrogens with zero attached hydrogens (tertiary/aromatic N) is 3. The smallest absolute Gasteiger partial charge is 0.376 e. The second kappa shape index (κ2) is 7.49. The van der Waals surface area contributed by atoms with E-state index in [1.54, 1.807) is 12.1 Å². The van der Waals surface area contributed by atoms with Crippen molar-refractivity contribution in [2.24, 2.45) is 0 Å². The molecule has 3 heterocycles. The Morgan fingerprint density at radius 2 is 2.10 bits per heavy atom. The minimum Gasteiger partial charge on any atom is -0.376 e. The summed E-state index contributed by atoms with van der Waals surface area (Å²) in [5.74, 6) is -0.655. The van der Waals surface area contributed by atoms with Crippen molar-refractivity contribution < 1.29 is 22.7 Å². The average Bonchev–Trinajstić information content (AvgIpc) is 3.37. The van der Waals surface area contributed by atoms with Crippen LogP contribution in [0.2, 0.25) is 5.02 Å². The number of hydrogen-bond acceptors (Lipinski definition) is 4. The number of alkyl halides is 3. The second-order valence-corrected chi connectivity index (χ2v) is 8.06. The fourth-order valence-electron chi connectivity index (χ4n) is 4.28. The van der Waals surface area contributed by atoms with E-state index in [1.165, 1.54) is 0 Å². The Hall–Kier alpha value is -2.65. The predicted octanol–water partition coefficient (Wildman–Crippen LogP) is 4.08. The number of nitrogens with one attached hydrogen (secondary N) is 1. The summed E-state index contributed by atoms with van der Waals surface area (Å²) < 4.78 is 48.5. The first kappa shape index (κ1) is 20.3. The van der Waals surface area contributed by atoms with Gasteiger partial charge in [-0.1, -0.05) is 35.9 Å². The van der Waals surface area contributed by atoms with E-state index in [9.17, 15) is 18.0 Å². The van der Waals surface area contributed by atoms with E-state index in [1.807, 2.05) is 12.1 Å². The molecule has 6 nitrogen and oxygen atoms in total. The Labute approximate surface area is 180 Å². The van der Waals surface area contributed by atoms with Crippen LogP contribution in [0.1, 0.15) is 40.2 Å². The van der Waals surface area contributed by atoms with Gasteiger partial charge < -0.3 is 10.1 Å². The molecule has 10 heteroatoms. The molecule has 1 aliphatic carbocycles. The van der Waals surface area contributed by atoms with Crippen molar-refractivity contribution in [3.8, 4) is 11.3 Å². The number of benzene rings is 1. The van der Waals surface area contributed by atoms with Gasteiger partial charge in [0.25, 0.3) is 5.91 Å². The van der Waals surface area contributed by atoms with E-state index < -0.39 is 17.8 Å². The lowest BCUT2D eigenvalue weighted by Crippen LogP contribution is -2.32. The molecule has 1 N–H and O–H groups in total. The highest BCUT2D eigenvalue weighted by atomic mass is 35.5. The number of rotatable bonds is 3. The van der Waals surface area contributed by atoms with E-state index in [0.29, 0.717) is 23.1 Å². The maximum absolute atomic E-state index is 14.1. The molecule has 5 rings (SSSR count). The number of ether oxygens (including phenoxy) is 1. The van der Waals surface area contributed by atoms with Gasteiger partial charge in [0.1, 0.15) is 5.02 Å². The molecule has 31 heavy (non-hydrogen) atoms. The molecule has 1 fully saturated rings. The summed E-state index contributed by atoms with van der Waals surface area (Å²) in [7, 11) is 0. The van der Waals surface area contributed by atoms with Crippen LogP contribution < -0.4 is 5.32 Å². The SMILES string of the molecule is O=C(NCC1CCCO1)c1nn2c(C(F)(F)F)c3c(nc2c1Cl)-c1ccccc1CC3. The minimum atomic E-state index is -4.70. The Morgan fingerprint density at radius 3 is 2.84 bits per heavy atom. The van der Waals surface area contributed by atoms with Crippen LogP contribution >= 0.6 is 11.6 Å². The monoisotopic (exact) mass is 450 g/mol. The quantitative estimate of drug-likeness (QED) is 0.653. The summed E-state index contributed by atoms with van der Waals surface area (Å²) in [6, 6.07) is 7.22. The summed E-state index contributed by atoms with van der Waals surface area (Å²) in [5, 5.41) is 6.38. The second-order valence-electron chi connectivity index (χ2n) is 7.69. The molecule has 2 aliphatic rings. The third-order valence-corrected chi connectivity index (χ3v) is 6.07. The largest absolute Gasteiger partial charge is 0.433 e. The molecule has 1 unspecified atom stereocenters. The van der Waals surface area contributed by atoms with Crippen LogP contribution in [0, 0.1) is 0 Å². The van der Waals surface area contributed by atoms with Crippen LogP contribution in [-0.4, -0.2) is 39.8 Å². The number of amides is 1. The molecule has 1 atom stereocenters. The third-order valence-electron chi connectivity index (χ3n) is 5.72. The average molecular weight is 451 g/mol. The summed E-state index contributed by atoms with van der Waals surface area (Å²) in [6.07, 6.45) is -2.47. The van der Waals surface area contributed by atoms with E-state index in [4.69, 9.17) is 16.3 Å². The number of aromatic nitrogens is 3. The van der Waals surface area contributed by atoms with Gasteiger partial charge in [-0.3, -0.25) is 4.79 Å². The zero-order chi connectivity index (χ0) is 21.8. The van der Waals surface area contributed by atoms with Gasteiger partial charge in [-0.25, -0.2) is 9.50 Å². The number of fused-ring (bicyclic) bond motifs is 4. The van der Waals surface area contributed by atoms with Crippen molar-refractivity contribution >= 4 is 23.2 Å². The standard InChI is InChI=1S/C21H18ClF3N4O2/c22-15-17(20(30)26-10-12-5-3-9-31-12)28-29-18(21(23,24)25)14-8-7-11-4-1-2-6-13(11)16(14)27-19(15)29/h1-2,4,6,12H,3,5,7-10H2,(H,26,30). The fraction of sp³-hybridized carbons (Fsp3) is 0.381. The van der Waals surface area contributed by atoms with Crippen LogP contribution in [0.15, 0.2) is 24.3 Å². The van der Waals surface area contributed by atoms with Gasteiger partial charge in [-0.05, 0) is 31.2 Å². The van der Waals surface area contributed by atoms with Crippen molar-refractivity contribution in [1.82, 2.24) is 19.9 Å². The Morgan fingerprint density at radius 1 is 1.29 bits per heavy atom. The molecule has 1 amide bonds. The third kappa shape index (κ3) is 3.45. The molecule has 0 radical (unpaired) electrons. The Kier molecular flexibility index (Phi) is 4.90. The van der Waals surface area contributed by atoms with Gasteiger partial charge in [0.2, 0.25) is 0 Å². The van der Waals surface area contributed by atoms with Crippen molar-refractivity contribution in [1.29, 1.82) is 0 Å². The lowest BCUT2D eigenvalue weighted by atomic mass is 9.88. The zero-order valence-electron chi connectivity index (χ0n) is 16.3. The van der Waals surface area contributed by atoms with Crippen molar-refractivity contribution in [2.45, 2.75) is 38.0 Å². The molecule has 3 aromatic rings. The maximum Gasteiger partial charge on any atom is 0.433 e. The van der Waals surface area contributed by atoms with Gasteiger partial charge in [0.05, 0.1) is 11.8 Å². The topological polar surface area (TPSA) is 68.5 Å². The first-order valence-electron chi connectivity index (χ1n) is 10.0. The maximum atomic E-state index is 14.1. The van der Waals surface area contributed by atoms with Crippen LogP contribution in [-0.2, 0) is 23.8 Å². The van der Waals surface area contributed by atoms with Crippen LogP contribution in [0.3, 0.4) is 0 Å². The molecule has 0 bridgehead atoms. The summed E-state index contributed by atoms with van der Waals surface area (Å²) in [4.78, 5) is 17.1. The predicted molar refractivity (Wildman–Crippen MR) is 107 cm³/mol. The first-order chi connectivity index (χ1) is 14.8. The summed E-state index contributed by atoms with van der Waals surface area (Å²) >= 11 is 6.33. The molecule has 2 aromatic heterocycles. The van der Waals surface area contributed by atoms with E-state index in [-0.39, 0.29) is 46.7 Å². The highest BCUT2D eigenvalue weighted by molar-refractivity contribution is 6.36. The molecule has 0 saturated carbocycles. The van der Waals surface area contributed by atoms with E-state index in [0.717, 1.165) is 18.4 Å². The van der Waals surface area contributed by atoms with Crippen molar-refractivity contribution in [3.05, 3.63) is 51.8 Å². The number of halogens is 4. The molecule has 1 aromatic carbocycles. The number of aryl methyl sites for hydroxylation is 1. The normalized spacial score (nSPS) is 18.1. The van der Waals surface area contributed by atoms with E-state index in [2.05, 4.69) is 15.4 Å². The molecular formula is C21H18ClF3N4O2. The highest BCUT2D eigenvalue weighted by Crippen LogP contribution is 2.41.